The Balaban J connectivity index is 2.59. The number of aromatic nitrogens is 2. The second-order valence-electron chi connectivity index (χ2n) is 4.39. The Hall–Kier alpha value is -2.41. The summed E-state index contributed by atoms with van der Waals surface area (Å²) in [5.41, 5.74) is 1.82. The zero-order valence-electron chi connectivity index (χ0n) is 12.0. The van der Waals surface area contributed by atoms with Gasteiger partial charge in [0.05, 0.1) is 17.5 Å². The predicted octanol–water partition coefficient (Wildman–Crippen LogP) is 0.251. The monoisotopic (exact) mass is 291 g/mol. The van der Waals surface area contributed by atoms with E-state index in [1.165, 1.54) is 4.57 Å². The summed E-state index contributed by atoms with van der Waals surface area (Å²) >= 11 is 0. The Morgan fingerprint density at radius 1 is 1.19 bits per heavy atom. The summed E-state index contributed by atoms with van der Waals surface area (Å²) in [4.78, 5) is 41.1. The number of fused-ring (bicyclic) bond motifs is 1. The number of hydrogen-bond acceptors (Lipinski definition) is 4. The molecule has 0 bridgehead atoms. The summed E-state index contributed by atoms with van der Waals surface area (Å²) in [6.45, 7) is 3.81. The van der Waals surface area contributed by atoms with E-state index in [4.69, 9.17) is 4.84 Å². The minimum absolute atomic E-state index is 0.209. The largest absolute Gasteiger partial charge is 0.331 e. The molecule has 0 atom stereocenters. The number of hydrogen-bond donors (Lipinski definition) is 1. The van der Waals surface area contributed by atoms with Crippen LogP contribution in [-0.2, 0) is 22.7 Å². The van der Waals surface area contributed by atoms with Crippen LogP contribution in [0.1, 0.15) is 13.8 Å². The van der Waals surface area contributed by atoms with Crippen LogP contribution in [0.5, 0.6) is 0 Å². The number of nitrogens with zero attached hydrogens (tertiary/aromatic N) is 2. The van der Waals surface area contributed by atoms with Gasteiger partial charge in [0.1, 0.15) is 6.54 Å². The van der Waals surface area contributed by atoms with Gasteiger partial charge in [0.15, 0.2) is 0 Å². The van der Waals surface area contributed by atoms with Crippen molar-refractivity contribution >= 4 is 16.8 Å². The molecule has 0 radical (unpaired) electrons. The molecular formula is C14H17N3O4. The topological polar surface area (TPSA) is 82.3 Å². The SMILES string of the molecule is CCONC(=O)Cn1c(=O)n(CC)c(=O)c2ccccc21. The van der Waals surface area contributed by atoms with Crippen LogP contribution in [0.3, 0.4) is 0 Å². The molecule has 1 N–H and O–H groups in total. The molecule has 2 rings (SSSR count). The fourth-order valence-corrected chi connectivity index (χ4v) is 2.13. The Bertz CT molecular complexity index is 776. The Morgan fingerprint density at radius 2 is 1.90 bits per heavy atom. The molecule has 0 unspecified atom stereocenters. The molecule has 2 aromatic rings. The van der Waals surface area contributed by atoms with E-state index in [0.717, 1.165) is 4.57 Å². The van der Waals surface area contributed by atoms with Gasteiger partial charge in [-0.15, -0.1) is 0 Å². The first-order valence-electron chi connectivity index (χ1n) is 6.73. The minimum atomic E-state index is -0.507. The van der Waals surface area contributed by atoms with Crippen LogP contribution in [0.15, 0.2) is 33.9 Å². The summed E-state index contributed by atoms with van der Waals surface area (Å²) in [5.74, 6) is -0.453. The minimum Gasteiger partial charge on any atom is -0.284 e. The Labute approximate surface area is 120 Å². The molecule has 0 saturated heterocycles. The predicted molar refractivity (Wildman–Crippen MR) is 77.9 cm³/mol. The third kappa shape index (κ3) is 2.87. The average Bonchev–Trinajstić information content (AvgIpc) is 2.50. The summed E-state index contributed by atoms with van der Waals surface area (Å²) < 4.78 is 2.38. The number of hydroxylamine groups is 1. The zero-order chi connectivity index (χ0) is 15.4. The van der Waals surface area contributed by atoms with Crippen molar-refractivity contribution in [2.45, 2.75) is 26.9 Å². The summed E-state index contributed by atoms with van der Waals surface area (Å²) in [6.07, 6.45) is 0. The van der Waals surface area contributed by atoms with Crippen LogP contribution < -0.4 is 16.7 Å². The number of carbonyl (C=O) groups excluding carboxylic acids is 1. The lowest BCUT2D eigenvalue weighted by Gasteiger charge is -2.12. The number of carbonyl (C=O) groups is 1. The molecule has 7 nitrogen and oxygen atoms in total. The van der Waals surface area contributed by atoms with E-state index in [1.807, 2.05) is 0 Å². The zero-order valence-corrected chi connectivity index (χ0v) is 12.0. The summed E-state index contributed by atoms with van der Waals surface area (Å²) in [6, 6.07) is 6.72. The van der Waals surface area contributed by atoms with E-state index in [2.05, 4.69) is 5.48 Å². The summed E-state index contributed by atoms with van der Waals surface area (Å²) in [5, 5.41) is 0.406. The molecule has 0 fully saturated rings. The Kier molecular flexibility index (Phi) is 4.54. The second kappa shape index (κ2) is 6.36. The Morgan fingerprint density at radius 3 is 2.57 bits per heavy atom. The average molecular weight is 291 g/mol. The van der Waals surface area contributed by atoms with Crippen molar-refractivity contribution < 1.29 is 9.63 Å². The van der Waals surface area contributed by atoms with Crippen LogP contribution in [0.2, 0.25) is 0 Å². The third-order valence-corrected chi connectivity index (χ3v) is 3.08. The van der Waals surface area contributed by atoms with Gasteiger partial charge in [0.2, 0.25) is 0 Å². The molecule has 7 heteroatoms. The first-order valence-corrected chi connectivity index (χ1v) is 6.73. The molecule has 0 saturated carbocycles. The highest BCUT2D eigenvalue weighted by atomic mass is 16.6. The van der Waals surface area contributed by atoms with Crippen LogP contribution in [0, 0.1) is 0 Å². The molecule has 21 heavy (non-hydrogen) atoms. The molecule has 0 aliphatic carbocycles. The normalized spacial score (nSPS) is 10.8. The molecule has 1 aromatic heterocycles. The number of rotatable bonds is 5. The van der Waals surface area contributed by atoms with E-state index in [1.54, 1.807) is 38.1 Å². The van der Waals surface area contributed by atoms with Crippen LogP contribution >= 0.6 is 0 Å². The number of nitrogens with one attached hydrogen (secondary N) is 1. The van der Waals surface area contributed by atoms with Crippen molar-refractivity contribution in [3.05, 3.63) is 45.1 Å². The first-order chi connectivity index (χ1) is 10.1. The lowest BCUT2D eigenvalue weighted by atomic mass is 10.2. The van der Waals surface area contributed by atoms with Crippen LogP contribution in [0.4, 0.5) is 0 Å². The quantitative estimate of drug-likeness (QED) is 0.801. The van der Waals surface area contributed by atoms with Gasteiger partial charge in [-0.3, -0.25) is 23.6 Å². The maximum atomic E-state index is 12.3. The number of benzene rings is 1. The standard InChI is InChI=1S/C14H17N3O4/c1-3-16-13(19)10-7-5-6-8-11(10)17(14(16)20)9-12(18)15-21-4-2/h5-8H,3-4,9H2,1-2H3,(H,15,18). The highest BCUT2D eigenvalue weighted by molar-refractivity contribution is 5.81. The van der Waals surface area contributed by atoms with Gasteiger partial charge in [-0.1, -0.05) is 12.1 Å². The van der Waals surface area contributed by atoms with Gasteiger partial charge < -0.3 is 0 Å². The number of para-hydroxylation sites is 1. The van der Waals surface area contributed by atoms with Crippen LogP contribution in [0.25, 0.3) is 10.9 Å². The highest BCUT2D eigenvalue weighted by Gasteiger charge is 2.14. The first kappa shape index (κ1) is 15.0. The fraction of sp³-hybridized carbons (Fsp3) is 0.357. The van der Waals surface area contributed by atoms with Gasteiger partial charge in [0, 0.05) is 6.54 Å². The van der Waals surface area contributed by atoms with Gasteiger partial charge in [0.25, 0.3) is 11.5 Å². The van der Waals surface area contributed by atoms with E-state index >= 15 is 0 Å². The second-order valence-corrected chi connectivity index (χ2v) is 4.39. The van der Waals surface area contributed by atoms with Gasteiger partial charge in [-0.2, -0.15) is 0 Å². The third-order valence-electron chi connectivity index (χ3n) is 3.08. The van der Waals surface area contributed by atoms with Gasteiger partial charge in [-0.05, 0) is 26.0 Å². The lowest BCUT2D eigenvalue weighted by Crippen LogP contribution is -2.42. The molecule has 1 aromatic carbocycles. The highest BCUT2D eigenvalue weighted by Crippen LogP contribution is 2.07. The van der Waals surface area contributed by atoms with E-state index in [9.17, 15) is 14.4 Å². The summed E-state index contributed by atoms with van der Waals surface area (Å²) in [7, 11) is 0. The molecule has 1 heterocycles. The van der Waals surface area contributed by atoms with Crippen molar-refractivity contribution in [3.63, 3.8) is 0 Å². The maximum absolute atomic E-state index is 12.3. The molecule has 0 spiro atoms. The van der Waals surface area contributed by atoms with E-state index in [-0.39, 0.29) is 18.6 Å². The van der Waals surface area contributed by atoms with Crippen molar-refractivity contribution in [3.8, 4) is 0 Å². The maximum Gasteiger partial charge on any atom is 0.331 e. The number of amides is 1. The molecular weight excluding hydrogens is 274 g/mol. The molecule has 112 valence electrons. The van der Waals surface area contributed by atoms with Crippen LogP contribution in [-0.4, -0.2) is 21.6 Å². The lowest BCUT2D eigenvalue weighted by molar-refractivity contribution is -0.133. The molecule has 0 aliphatic heterocycles. The molecule has 1 amide bonds. The molecule has 0 aliphatic rings. The van der Waals surface area contributed by atoms with Gasteiger partial charge in [-0.25, -0.2) is 10.3 Å². The van der Waals surface area contributed by atoms with E-state index in [0.29, 0.717) is 17.5 Å². The van der Waals surface area contributed by atoms with Crippen molar-refractivity contribution in [1.29, 1.82) is 0 Å². The van der Waals surface area contributed by atoms with Crippen molar-refractivity contribution in [1.82, 2.24) is 14.6 Å². The smallest absolute Gasteiger partial charge is 0.284 e. The van der Waals surface area contributed by atoms with Crippen molar-refractivity contribution in [2.24, 2.45) is 0 Å². The fourth-order valence-electron chi connectivity index (χ4n) is 2.13. The van der Waals surface area contributed by atoms with Crippen molar-refractivity contribution in [2.75, 3.05) is 6.61 Å². The van der Waals surface area contributed by atoms with E-state index < -0.39 is 11.6 Å². The van der Waals surface area contributed by atoms with Gasteiger partial charge >= 0.3 is 5.69 Å².